The van der Waals surface area contributed by atoms with Crippen LogP contribution in [0, 0.1) is 0 Å². The summed E-state index contributed by atoms with van der Waals surface area (Å²) in [4.78, 5) is 15.9. The zero-order valence-corrected chi connectivity index (χ0v) is 17.7. The minimum absolute atomic E-state index is 0.369. The van der Waals surface area contributed by atoms with E-state index in [1.54, 1.807) is 12.3 Å². The molecule has 1 aliphatic rings. The maximum absolute atomic E-state index is 11.6. The number of rotatable bonds is 7. The molecule has 0 aliphatic carbocycles. The fraction of sp³-hybridized carbons (Fsp3) is 0.200. The lowest BCUT2D eigenvalue weighted by Gasteiger charge is -2.13. The quantitative estimate of drug-likeness (QED) is 0.507. The highest BCUT2D eigenvalue weighted by Crippen LogP contribution is 2.36. The predicted octanol–water partition coefficient (Wildman–Crippen LogP) is 5.00. The molecule has 7 heteroatoms. The number of hydrogen-bond donors (Lipinski definition) is 0. The molecule has 0 N–H and O–H groups in total. The van der Waals surface area contributed by atoms with Crippen molar-refractivity contribution in [1.82, 2.24) is 4.98 Å². The van der Waals surface area contributed by atoms with Gasteiger partial charge < -0.3 is 14.2 Å². The number of hydrogen-bond acceptors (Lipinski definition) is 5. The van der Waals surface area contributed by atoms with E-state index in [1.807, 2.05) is 43.3 Å². The van der Waals surface area contributed by atoms with Crippen LogP contribution in [0.25, 0.3) is 6.08 Å². The topological polar surface area (TPSA) is 57.7 Å². The third-order valence-corrected chi connectivity index (χ3v) is 5.74. The van der Waals surface area contributed by atoms with E-state index < -0.39 is 5.97 Å². The Morgan fingerprint density at radius 3 is 2.63 bits per heavy atom. The number of benzene rings is 1. The lowest BCUT2D eigenvalue weighted by atomic mass is 10.1. The summed E-state index contributed by atoms with van der Waals surface area (Å²) >= 11 is 6.53. The van der Waals surface area contributed by atoms with E-state index in [4.69, 9.17) is 14.2 Å². The van der Waals surface area contributed by atoms with Crippen LogP contribution in [0.5, 0.6) is 11.5 Å². The summed E-state index contributed by atoms with van der Waals surface area (Å²) in [7, 11) is 0. The molecule has 0 spiro atoms. The van der Waals surface area contributed by atoms with Crippen molar-refractivity contribution in [3.05, 3.63) is 68.6 Å². The van der Waals surface area contributed by atoms with Gasteiger partial charge in [-0.15, -0.1) is 0 Å². The first kappa shape index (κ1) is 19.6. The third-order valence-electron chi connectivity index (χ3n) is 3.70. The lowest BCUT2D eigenvalue weighted by Crippen LogP contribution is -2.04. The molecule has 0 saturated heterocycles. The van der Waals surface area contributed by atoms with Gasteiger partial charge in [0.2, 0.25) is 0 Å². The molecule has 2 aromatic rings. The molecule has 0 unspecified atom stereocenters. The predicted molar refractivity (Wildman–Crippen MR) is 110 cm³/mol. The molecule has 0 bridgehead atoms. The zero-order valence-electron chi connectivity index (χ0n) is 14.6. The van der Waals surface area contributed by atoms with Crippen LogP contribution < -0.4 is 9.47 Å². The molecule has 0 saturated carbocycles. The molecule has 1 aromatic heterocycles. The Hall–Kier alpha value is -2.12. The van der Waals surface area contributed by atoms with Crippen molar-refractivity contribution in [3.8, 4) is 11.5 Å². The second kappa shape index (κ2) is 9.19. The van der Waals surface area contributed by atoms with Gasteiger partial charge in [0.1, 0.15) is 10.2 Å². The maximum Gasteiger partial charge on any atom is 0.351 e. The summed E-state index contributed by atoms with van der Waals surface area (Å²) in [6, 6.07) is 11.4. The number of carbonyl (C=O) groups excluding carboxylic acids is 1. The van der Waals surface area contributed by atoms with Gasteiger partial charge in [0.15, 0.2) is 11.5 Å². The van der Waals surface area contributed by atoms with Crippen LogP contribution in [-0.4, -0.2) is 24.2 Å². The van der Waals surface area contributed by atoms with Crippen LogP contribution in [0.1, 0.15) is 18.2 Å². The van der Waals surface area contributed by atoms with E-state index in [0.717, 1.165) is 11.3 Å². The van der Waals surface area contributed by atoms with E-state index in [2.05, 4.69) is 36.8 Å². The van der Waals surface area contributed by atoms with Crippen molar-refractivity contribution in [2.45, 2.75) is 13.3 Å². The molecular weight excluding hydrogens is 478 g/mol. The first-order chi connectivity index (χ1) is 13.1. The lowest BCUT2D eigenvalue weighted by molar-refractivity contribution is -0.132. The molecule has 1 aliphatic heterocycles. The number of esters is 1. The average Bonchev–Trinajstić information content (AvgIpc) is 2.91. The smallest absolute Gasteiger partial charge is 0.351 e. The van der Waals surface area contributed by atoms with E-state index in [9.17, 15) is 4.79 Å². The van der Waals surface area contributed by atoms with Gasteiger partial charge in [0, 0.05) is 18.3 Å². The van der Waals surface area contributed by atoms with E-state index >= 15 is 0 Å². The van der Waals surface area contributed by atoms with Crippen LogP contribution in [0.3, 0.4) is 0 Å². The molecule has 0 amide bonds. The van der Waals surface area contributed by atoms with Gasteiger partial charge in [-0.25, -0.2) is 4.79 Å². The van der Waals surface area contributed by atoms with Gasteiger partial charge in [-0.05, 0) is 74.7 Å². The Kier molecular flexibility index (Phi) is 6.68. The first-order valence-electron chi connectivity index (χ1n) is 8.37. The molecule has 27 heavy (non-hydrogen) atoms. The highest BCUT2D eigenvalue weighted by Gasteiger charge is 2.26. The minimum atomic E-state index is -0.423. The van der Waals surface area contributed by atoms with Gasteiger partial charge in [-0.3, -0.25) is 4.98 Å². The molecule has 5 nitrogen and oxygen atoms in total. The average molecular weight is 495 g/mol. The number of allylic oxidation sites excluding steroid dienone is 1. The van der Waals surface area contributed by atoms with Crippen molar-refractivity contribution in [2.24, 2.45) is 0 Å². The largest absolute Gasteiger partial charge is 0.490 e. The van der Waals surface area contributed by atoms with Crippen LogP contribution in [0.15, 0.2) is 57.3 Å². The van der Waals surface area contributed by atoms with Gasteiger partial charge in [-0.2, -0.15) is 0 Å². The summed E-state index contributed by atoms with van der Waals surface area (Å²) in [5.41, 5.74) is 1.81. The number of nitrogens with zero attached hydrogens (tertiary/aromatic N) is 1. The van der Waals surface area contributed by atoms with Crippen molar-refractivity contribution < 1.29 is 19.0 Å². The molecule has 3 rings (SSSR count). The standard InChI is InChI=1S/C20H17Br2NO4/c1-2-25-16-11-13(12-17-18(21)19(22)20(24)27-17)6-7-15(16)26-10-8-14-5-3-4-9-23-14/h3-7,9,11-12H,2,8,10H2,1H3/b17-12-. The summed E-state index contributed by atoms with van der Waals surface area (Å²) in [6.45, 7) is 2.93. The molecule has 140 valence electrons. The summed E-state index contributed by atoms with van der Waals surface area (Å²) in [5, 5.41) is 0. The van der Waals surface area contributed by atoms with Crippen molar-refractivity contribution in [1.29, 1.82) is 0 Å². The minimum Gasteiger partial charge on any atom is -0.490 e. The molecular formula is C20H17Br2NO4. The second-order valence-corrected chi connectivity index (χ2v) is 7.17. The third kappa shape index (κ3) is 4.99. The highest BCUT2D eigenvalue weighted by atomic mass is 79.9. The van der Waals surface area contributed by atoms with Crippen LogP contribution in [0.4, 0.5) is 0 Å². The second-order valence-electron chi connectivity index (χ2n) is 5.58. The number of cyclic esters (lactones) is 1. The number of pyridine rings is 1. The molecule has 0 fully saturated rings. The fourth-order valence-corrected chi connectivity index (χ4v) is 3.08. The Bertz CT molecular complexity index is 894. The van der Waals surface area contributed by atoms with Crippen LogP contribution >= 0.6 is 31.9 Å². The summed E-state index contributed by atoms with van der Waals surface area (Å²) in [5.74, 6) is 1.32. The number of aromatic nitrogens is 1. The van der Waals surface area contributed by atoms with Crippen molar-refractivity contribution >= 4 is 43.9 Å². The van der Waals surface area contributed by atoms with Gasteiger partial charge in [-0.1, -0.05) is 12.1 Å². The van der Waals surface area contributed by atoms with E-state index in [1.165, 1.54) is 0 Å². The van der Waals surface area contributed by atoms with Crippen molar-refractivity contribution in [3.63, 3.8) is 0 Å². The monoisotopic (exact) mass is 493 g/mol. The number of halogens is 2. The van der Waals surface area contributed by atoms with Crippen LogP contribution in [0.2, 0.25) is 0 Å². The number of carbonyl (C=O) groups is 1. The highest BCUT2D eigenvalue weighted by molar-refractivity contribution is 9.14. The summed E-state index contributed by atoms with van der Waals surface area (Å²) in [6.07, 6.45) is 4.24. The van der Waals surface area contributed by atoms with E-state index in [-0.39, 0.29) is 0 Å². The van der Waals surface area contributed by atoms with E-state index in [0.29, 0.717) is 45.9 Å². The molecule has 0 atom stereocenters. The van der Waals surface area contributed by atoms with Crippen molar-refractivity contribution in [2.75, 3.05) is 13.2 Å². The fourth-order valence-electron chi connectivity index (χ4n) is 2.44. The molecule has 0 radical (unpaired) electrons. The Balaban J connectivity index is 1.74. The maximum atomic E-state index is 11.6. The normalized spacial score (nSPS) is 15.2. The summed E-state index contributed by atoms with van der Waals surface area (Å²) < 4.78 is 17.7. The first-order valence-corrected chi connectivity index (χ1v) is 9.96. The Morgan fingerprint density at radius 2 is 1.96 bits per heavy atom. The number of ether oxygens (including phenoxy) is 3. The van der Waals surface area contributed by atoms with Gasteiger partial charge in [0.05, 0.1) is 17.7 Å². The Labute approximate surface area is 174 Å². The van der Waals surface area contributed by atoms with Crippen LogP contribution in [-0.2, 0) is 16.0 Å². The molecule has 2 heterocycles. The Morgan fingerprint density at radius 1 is 1.11 bits per heavy atom. The van der Waals surface area contributed by atoms with Gasteiger partial charge >= 0.3 is 5.97 Å². The SMILES string of the molecule is CCOc1cc(/C=C2\OC(=O)C(Br)=C2Br)ccc1OCCc1ccccn1. The van der Waals surface area contributed by atoms with Gasteiger partial charge in [0.25, 0.3) is 0 Å². The zero-order chi connectivity index (χ0) is 19.2. The molecule has 1 aromatic carbocycles.